The van der Waals surface area contributed by atoms with Crippen LogP contribution in [0.5, 0.6) is 5.88 Å². The van der Waals surface area contributed by atoms with Crippen molar-refractivity contribution in [1.82, 2.24) is 24.4 Å². The summed E-state index contributed by atoms with van der Waals surface area (Å²) < 4.78 is 35.1. The molecule has 2 aromatic heterocycles. The summed E-state index contributed by atoms with van der Waals surface area (Å²) >= 11 is 0. The molecule has 0 bridgehead atoms. The fraction of sp³-hybridized carbons (Fsp3) is 0.391. The van der Waals surface area contributed by atoms with E-state index in [-0.39, 0.29) is 35.7 Å². The van der Waals surface area contributed by atoms with Crippen LogP contribution in [0.3, 0.4) is 0 Å². The number of benzene rings is 1. The van der Waals surface area contributed by atoms with Gasteiger partial charge in [-0.1, -0.05) is 0 Å². The first-order valence-electron chi connectivity index (χ1n) is 10.9. The Hall–Kier alpha value is -3.56. The lowest BCUT2D eigenvalue weighted by atomic mass is 9.77. The van der Waals surface area contributed by atoms with Crippen LogP contribution in [-0.2, 0) is 0 Å². The van der Waals surface area contributed by atoms with Gasteiger partial charge in [-0.3, -0.25) is 4.98 Å². The van der Waals surface area contributed by atoms with Crippen LogP contribution in [0.2, 0.25) is 0 Å². The van der Waals surface area contributed by atoms with Gasteiger partial charge in [-0.05, 0) is 43.7 Å². The Morgan fingerprint density at radius 3 is 2.61 bits per heavy atom. The van der Waals surface area contributed by atoms with Crippen molar-refractivity contribution >= 4 is 11.7 Å². The van der Waals surface area contributed by atoms with Crippen LogP contribution in [0.1, 0.15) is 24.7 Å². The van der Waals surface area contributed by atoms with E-state index < -0.39 is 11.6 Å². The first-order chi connectivity index (χ1) is 16.0. The van der Waals surface area contributed by atoms with Crippen molar-refractivity contribution in [2.45, 2.75) is 31.9 Å². The quantitative estimate of drug-likeness (QED) is 0.648. The molecule has 1 aromatic carbocycles. The lowest BCUT2D eigenvalue weighted by Crippen LogP contribution is -2.40. The van der Waals surface area contributed by atoms with Crippen molar-refractivity contribution in [3.05, 3.63) is 66.6 Å². The number of amides is 2. The number of carbonyl (C=O) groups excluding carboxylic acids is 1. The maximum Gasteiger partial charge on any atom is 0.321 e. The fourth-order valence-corrected chi connectivity index (χ4v) is 4.99. The number of rotatable bonds is 4. The Kier molecular flexibility index (Phi) is 5.65. The molecular formula is C23H24F2N6O2. The highest BCUT2D eigenvalue weighted by Gasteiger charge is 2.45. The summed E-state index contributed by atoms with van der Waals surface area (Å²) in [6, 6.07) is 3.06. The molecule has 1 aliphatic carbocycles. The van der Waals surface area contributed by atoms with Crippen molar-refractivity contribution in [3.8, 4) is 5.88 Å². The number of urea groups is 1. The molecule has 2 amide bonds. The maximum atomic E-state index is 13.5. The summed E-state index contributed by atoms with van der Waals surface area (Å²) in [7, 11) is 0. The second kappa shape index (κ2) is 8.76. The minimum absolute atomic E-state index is 0.0463. The number of ether oxygens (including phenoxy) is 1. The molecular weight excluding hydrogens is 430 g/mol. The predicted octanol–water partition coefficient (Wildman–Crippen LogP) is 3.82. The number of anilines is 1. The van der Waals surface area contributed by atoms with E-state index in [2.05, 4.69) is 24.8 Å². The van der Waals surface area contributed by atoms with Crippen LogP contribution in [0.15, 0.2) is 49.2 Å². The molecule has 3 aromatic rings. The standard InChI is InChI=1S/C23H24F2N6O2/c1-14-27-6-7-31(14)20-8-15-12-30(23(32)29-17-2-3-18(24)19(25)10-17)13-16(15)9-21(20)33-22-11-26-4-5-28-22/h2-7,10-11,15-16,20-21H,8-9,12-13H2,1H3,(H,29,32)/t15-,16+,20-,21-/m0/s1. The summed E-state index contributed by atoms with van der Waals surface area (Å²) in [4.78, 5) is 27.3. The molecule has 0 radical (unpaired) electrons. The van der Waals surface area contributed by atoms with Crippen LogP contribution in [-0.4, -0.2) is 49.6 Å². The number of nitrogens with one attached hydrogen (secondary N) is 1. The summed E-state index contributed by atoms with van der Waals surface area (Å²) in [5.74, 6) is -0.0379. The van der Waals surface area contributed by atoms with Crippen LogP contribution in [0, 0.1) is 30.4 Å². The van der Waals surface area contributed by atoms with Gasteiger partial charge in [0.15, 0.2) is 11.6 Å². The lowest BCUT2D eigenvalue weighted by Gasteiger charge is -2.38. The number of aryl methyl sites for hydroxylation is 1. The Labute approximate surface area is 189 Å². The van der Waals surface area contributed by atoms with Crippen molar-refractivity contribution in [2.75, 3.05) is 18.4 Å². The van der Waals surface area contributed by atoms with Crippen LogP contribution in [0.25, 0.3) is 0 Å². The van der Waals surface area contributed by atoms with Gasteiger partial charge in [-0.15, -0.1) is 0 Å². The van der Waals surface area contributed by atoms with E-state index in [0.29, 0.717) is 19.0 Å². The molecule has 4 atom stereocenters. The van der Waals surface area contributed by atoms with Gasteiger partial charge in [-0.2, -0.15) is 0 Å². The third-order valence-electron chi connectivity index (χ3n) is 6.57. The van der Waals surface area contributed by atoms with E-state index in [9.17, 15) is 13.6 Å². The summed E-state index contributed by atoms with van der Waals surface area (Å²) in [5, 5.41) is 2.68. The monoisotopic (exact) mass is 454 g/mol. The minimum atomic E-state index is -0.995. The summed E-state index contributed by atoms with van der Waals surface area (Å²) in [6.07, 6.45) is 9.94. The van der Waals surface area contributed by atoms with Crippen molar-refractivity contribution in [2.24, 2.45) is 11.8 Å². The molecule has 33 heavy (non-hydrogen) atoms. The van der Waals surface area contributed by atoms with Gasteiger partial charge in [-0.25, -0.2) is 23.5 Å². The first-order valence-corrected chi connectivity index (χ1v) is 10.9. The van der Waals surface area contributed by atoms with Crippen molar-refractivity contribution < 1.29 is 18.3 Å². The molecule has 2 fully saturated rings. The Bertz CT molecular complexity index is 1140. The molecule has 10 heteroatoms. The number of nitrogens with zero attached hydrogens (tertiary/aromatic N) is 5. The van der Waals surface area contributed by atoms with E-state index in [1.807, 2.05) is 13.1 Å². The van der Waals surface area contributed by atoms with E-state index in [1.165, 1.54) is 6.07 Å². The van der Waals surface area contributed by atoms with Crippen molar-refractivity contribution in [3.63, 3.8) is 0 Å². The largest absolute Gasteiger partial charge is 0.471 e. The van der Waals surface area contributed by atoms with E-state index in [0.717, 1.165) is 30.8 Å². The van der Waals surface area contributed by atoms with Crippen LogP contribution < -0.4 is 10.1 Å². The fourth-order valence-electron chi connectivity index (χ4n) is 4.99. The van der Waals surface area contributed by atoms with Gasteiger partial charge in [0.2, 0.25) is 5.88 Å². The van der Waals surface area contributed by atoms with Crippen LogP contribution >= 0.6 is 0 Å². The average Bonchev–Trinajstić information content (AvgIpc) is 3.42. The number of carbonyl (C=O) groups is 1. The molecule has 1 N–H and O–H groups in total. The maximum absolute atomic E-state index is 13.5. The third kappa shape index (κ3) is 4.37. The number of hydrogen-bond donors (Lipinski definition) is 1. The molecule has 2 aliphatic rings. The zero-order valence-electron chi connectivity index (χ0n) is 18.1. The number of halogens is 2. The van der Waals surface area contributed by atoms with Crippen LogP contribution in [0.4, 0.5) is 19.3 Å². The molecule has 8 nitrogen and oxygen atoms in total. The zero-order valence-corrected chi connectivity index (χ0v) is 18.1. The Morgan fingerprint density at radius 1 is 1.09 bits per heavy atom. The van der Waals surface area contributed by atoms with Gasteiger partial charge < -0.3 is 19.5 Å². The summed E-state index contributed by atoms with van der Waals surface area (Å²) in [6.45, 7) is 3.11. The summed E-state index contributed by atoms with van der Waals surface area (Å²) in [5.41, 5.74) is 0.226. The zero-order chi connectivity index (χ0) is 22.9. The van der Waals surface area contributed by atoms with E-state index >= 15 is 0 Å². The van der Waals surface area contributed by atoms with Gasteiger partial charge in [0.05, 0.1) is 12.2 Å². The number of fused-ring (bicyclic) bond motifs is 1. The lowest BCUT2D eigenvalue weighted by molar-refractivity contribution is 0.0501. The second-order valence-electron chi connectivity index (χ2n) is 8.60. The van der Waals surface area contributed by atoms with Gasteiger partial charge in [0.25, 0.3) is 0 Å². The third-order valence-corrected chi connectivity index (χ3v) is 6.57. The smallest absolute Gasteiger partial charge is 0.321 e. The molecule has 3 heterocycles. The number of hydrogen-bond acceptors (Lipinski definition) is 5. The molecule has 1 saturated carbocycles. The number of likely N-dealkylation sites (tertiary alicyclic amines) is 1. The predicted molar refractivity (Wildman–Crippen MR) is 116 cm³/mol. The Balaban J connectivity index is 1.32. The SMILES string of the molecule is Cc1nccn1[C@H]1C[C@H]2CN(C(=O)Nc3ccc(F)c(F)c3)C[C@H]2C[C@@H]1Oc1cnccn1. The minimum Gasteiger partial charge on any atom is -0.471 e. The second-order valence-corrected chi connectivity index (χ2v) is 8.60. The van der Waals surface area contributed by atoms with Gasteiger partial charge in [0, 0.05) is 49.6 Å². The van der Waals surface area contributed by atoms with Crippen molar-refractivity contribution in [1.29, 1.82) is 0 Å². The highest BCUT2D eigenvalue weighted by molar-refractivity contribution is 5.89. The highest BCUT2D eigenvalue weighted by atomic mass is 19.2. The molecule has 0 spiro atoms. The highest BCUT2D eigenvalue weighted by Crippen LogP contribution is 2.43. The average molecular weight is 454 g/mol. The number of aromatic nitrogens is 4. The van der Waals surface area contributed by atoms with Gasteiger partial charge in [0.1, 0.15) is 11.9 Å². The molecule has 0 unspecified atom stereocenters. The molecule has 5 rings (SSSR count). The molecule has 1 aliphatic heterocycles. The normalized spacial score (nSPS) is 24.4. The topological polar surface area (TPSA) is 85.2 Å². The Morgan fingerprint density at radius 2 is 1.91 bits per heavy atom. The van der Waals surface area contributed by atoms with E-state index in [4.69, 9.17) is 4.74 Å². The molecule has 172 valence electrons. The number of imidazole rings is 1. The van der Waals surface area contributed by atoms with Gasteiger partial charge >= 0.3 is 6.03 Å². The van der Waals surface area contributed by atoms with E-state index in [1.54, 1.807) is 29.7 Å². The molecule has 1 saturated heterocycles. The first kappa shape index (κ1) is 21.3.